The van der Waals surface area contributed by atoms with Crippen molar-refractivity contribution in [3.05, 3.63) is 58.8 Å². The first-order valence-electron chi connectivity index (χ1n) is 9.19. The number of H-pyrrole nitrogens is 1. The van der Waals surface area contributed by atoms with Gasteiger partial charge in [0.1, 0.15) is 0 Å². The van der Waals surface area contributed by atoms with E-state index in [2.05, 4.69) is 28.8 Å². The summed E-state index contributed by atoms with van der Waals surface area (Å²) in [5, 5.41) is 1.13. The van der Waals surface area contributed by atoms with Crippen molar-refractivity contribution in [1.29, 1.82) is 0 Å². The molecule has 1 aromatic carbocycles. The van der Waals surface area contributed by atoms with E-state index < -0.39 is 0 Å². The molecule has 1 saturated heterocycles. The van der Waals surface area contributed by atoms with E-state index in [-0.39, 0.29) is 11.8 Å². The van der Waals surface area contributed by atoms with Crippen molar-refractivity contribution >= 4 is 16.8 Å². The average Bonchev–Trinajstić information content (AvgIpc) is 2.95. The van der Waals surface area contributed by atoms with Gasteiger partial charge in [0.25, 0.3) is 5.91 Å². The summed E-state index contributed by atoms with van der Waals surface area (Å²) < 4.78 is 0. The first-order valence-corrected chi connectivity index (χ1v) is 9.19. The third-order valence-electron chi connectivity index (χ3n) is 5.46. The Bertz CT molecular complexity index is 975. The Morgan fingerprint density at radius 1 is 1.23 bits per heavy atom. The van der Waals surface area contributed by atoms with Gasteiger partial charge in [-0.05, 0) is 57.4 Å². The fourth-order valence-corrected chi connectivity index (χ4v) is 3.86. The van der Waals surface area contributed by atoms with Crippen LogP contribution in [0.25, 0.3) is 10.9 Å². The van der Waals surface area contributed by atoms with Gasteiger partial charge in [-0.3, -0.25) is 14.8 Å². The number of piperidine rings is 1. The number of nitrogens with zero attached hydrogens (tertiary/aromatic N) is 3. The number of benzene rings is 1. The minimum Gasteiger partial charge on any atom is -0.358 e. The van der Waals surface area contributed by atoms with Gasteiger partial charge in [0.2, 0.25) is 0 Å². The maximum Gasteiger partial charge on any atom is 0.253 e. The molecule has 0 radical (unpaired) electrons. The minimum atomic E-state index is 0.107. The van der Waals surface area contributed by atoms with Crippen LogP contribution in [0.1, 0.15) is 51.8 Å². The lowest BCUT2D eigenvalue weighted by atomic mass is 9.94. The molecule has 1 fully saturated rings. The molecule has 4 rings (SSSR count). The maximum absolute atomic E-state index is 13.1. The highest BCUT2D eigenvalue weighted by Gasteiger charge is 2.26. The molecule has 2 aromatic heterocycles. The van der Waals surface area contributed by atoms with Crippen LogP contribution in [0.15, 0.2) is 30.6 Å². The topological polar surface area (TPSA) is 61.9 Å². The Balaban J connectivity index is 1.58. The van der Waals surface area contributed by atoms with Crippen LogP contribution >= 0.6 is 0 Å². The van der Waals surface area contributed by atoms with Crippen molar-refractivity contribution in [2.24, 2.45) is 0 Å². The van der Waals surface area contributed by atoms with Gasteiger partial charge in [-0.1, -0.05) is 0 Å². The van der Waals surface area contributed by atoms with Gasteiger partial charge in [0, 0.05) is 53.6 Å². The maximum atomic E-state index is 13.1. The number of likely N-dealkylation sites (tertiary alicyclic amines) is 1. The molecule has 1 N–H and O–H groups in total. The molecule has 0 aliphatic carbocycles. The fourth-order valence-electron chi connectivity index (χ4n) is 3.86. The Hall–Kier alpha value is -2.69. The fraction of sp³-hybridized carbons (Fsp3) is 0.381. The molecule has 3 heterocycles. The number of aromatic amines is 1. The molecule has 1 atom stereocenters. The lowest BCUT2D eigenvalue weighted by Gasteiger charge is -2.32. The van der Waals surface area contributed by atoms with E-state index in [4.69, 9.17) is 0 Å². The van der Waals surface area contributed by atoms with Gasteiger partial charge in [0.15, 0.2) is 0 Å². The molecule has 0 spiro atoms. The number of fused-ring (bicyclic) bond motifs is 1. The third kappa shape index (κ3) is 2.98. The molecule has 0 bridgehead atoms. The quantitative estimate of drug-likeness (QED) is 0.764. The summed E-state index contributed by atoms with van der Waals surface area (Å²) >= 11 is 0. The second-order valence-electron chi connectivity index (χ2n) is 7.31. The summed E-state index contributed by atoms with van der Waals surface area (Å²) in [5.41, 5.74) is 6.13. The van der Waals surface area contributed by atoms with E-state index in [1.165, 1.54) is 5.56 Å². The summed E-state index contributed by atoms with van der Waals surface area (Å²) in [7, 11) is 0. The highest BCUT2D eigenvalue weighted by Crippen LogP contribution is 2.28. The van der Waals surface area contributed by atoms with Gasteiger partial charge < -0.3 is 9.88 Å². The molecule has 5 nitrogen and oxygen atoms in total. The zero-order valence-electron chi connectivity index (χ0n) is 15.5. The number of hydrogen-bond acceptors (Lipinski definition) is 3. The molecule has 1 aliphatic heterocycles. The van der Waals surface area contributed by atoms with E-state index in [9.17, 15) is 4.79 Å². The zero-order valence-corrected chi connectivity index (χ0v) is 15.5. The number of aryl methyl sites for hydroxylation is 3. The first-order chi connectivity index (χ1) is 12.5. The van der Waals surface area contributed by atoms with Crippen molar-refractivity contribution in [1.82, 2.24) is 19.9 Å². The van der Waals surface area contributed by atoms with Crippen molar-refractivity contribution in [3.63, 3.8) is 0 Å². The Morgan fingerprint density at radius 2 is 2.08 bits per heavy atom. The number of rotatable bonds is 2. The van der Waals surface area contributed by atoms with Crippen molar-refractivity contribution in [2.75, 3.05) is 13.1 Å². The number of carbonyl (C=O) groups is 1. The molecule has 5 heteroatoms. The van der Waals surface area contributed by atoms with E-state index in [1.807, 2.05) is 36.2 Å². The molecule has 1 amide bonds. The molecule has 3 aromatic rings. The Morgan fingerprint density at radius 3 is 2.88 bits per heavy atom. The van der Waals surface area contributed by atoms with Crippen LogP contribution in [0.2, 0.25) is 0 Å². The molecule has 0 saturated carbocycles. The second-order valence-corrected chi connectivity index (χ2v) is 7.31. The second kappa shape index (κ2) is 6.56. The molecule has 1 aliphatic rings. The average molecular weight is 348 g/mol. The number of nitrogens with one attached hydrogen (secondary N) is 1. The SMILES string of the molecule is Cc1cncc([C@@H]2CCCN(C(=O)c3ccc4[nH]c(C)c(C)c4c3)C2)n1. The third-order valence-corrected chi connectivity index (χ3v) is 5.46. The van der Waals surface area contributed by atoms with Crippen molar-refractivity contribution < 1.29 is 4.79 Å². The molecular formula is C21H24N4O. The monoisotopic (exact) mass is 348 g/mol. The normalized spacial score (nSPS) is 17.7. The highest BCUT2D eigenvalue weighted by atomic mass is 16.2. The van der Waals surface area contributed by atoms with Crippen LogP contribution in [0.5, 0.6) is 0 Å². The summed E-state index contributed by atoms with van der Waals surface area (Å²) in [5.74, 6) is 0.371. The number of hydrogen-bond donors (Lipinski definition) is 1. The minimum absolute atomic E-state index is 0.107. The molecular weight excluding hydrogens is 324 g/mol. The standard InChI is InChI=1S/C21H24N4O/c1-13-10-22-11-20(23-13)17-5-4-8-25(12-17)21(26)16-6-7-19-18(9-16)14(2)15(3)24-19/h6-7,9-11,17,24H,4-5,8,12H2,1-3H3/t17-/m1/s1. The molecule has 26 heavy (non-hydrogen) atoms. The molecule has 134 valence electrons. The highest BCUT2D eigenvalue weighted by molar-refractivity contribution is 5.99. The van der Waals surface area contributed by atoms with Gasteiger partial charge in [-0.2, -0.15) is 0 Å². The summed E-state index contributed by atoms with van der Waals surface area (Å²) in [4.78, 5) is 27.3. The van der Waals surface area contributed by atoms with E-state index in [0.717, 1.165) is 52.9 Å². The zero-order chi connectivity index (χ0) is 18.3. The van der Waals surface area contributed by atoms with Gasteiger partial charge in [0.05, 0.1) is 11.4 Å². The van der Waals surface area contributed by atoms with Crippen LogP contribution in [0.3, 0.4) is 0 Å². The van der Waals surface area contributed by atoms with Crippen LogP contribution in [-0.2, 0) is 0 Å². The van der Waals surface area contributed by atoms with Crippen LogP contribution in [0.4, 0.5) is 0 Å². The van der Waals surface area contributed by atoms with Gasteiger partial charge in [-0.15, -0.1) is 0 Å². The summed E-state index contributed by atoms with van der Waals surface area (Å²) in [6, 6.07) is 5.96. The summed E-state index contributed by atoms with van der Waals surface area (Å²) in [6.07, 6.45) is 5.66. The predicted molar refractivity (Wildman–Crippen MR) is 102 cm³/mol. The Labute approximate surface area is 153 Å². The molecule has 0 unspecified atom stereocenters. The predicted octanol–water partition coefficient (Wildman–Crippen LogP) is 3.90. The first kappa shape index (κ1) is 16.8. The number of carbonyl (C=O) groups excluding carboxylic acids is 1. The van der Waals surface area contributed by atoms with Crippen molar-refractivity contribution in [2.45, 2.75) is 39.5 Å². The van der Waals surface area contributed by atoms with Crippen LogP contribution in [-0.4, -0.2) is 38.8 Å². The van der Waals surface area contributed by atoms with E-state index >= 15 is 0 Å². The smallest absolute Gasteiger partial charge is 0.253 e. The van der Waals surface area contributed by atoms with Crippen LogP contribution < -0.4 is 0 Å². The van der Waals surface area contributed by atoms with E-state index in [0.29, 0.717) is 6.54 Å². The summed E-state index contributed by atoms with van der Waals surface area (Å²) in [6.45, 7) is 7.63. The number of amides is 1. The van der Waals surface area contributed by atoms with E-state index in [1.54, 1.807) is 6.20 Å². The lowest BCUT2D eigenvalue weighted by molar-refractivity contribution is 0.0706. The lowest BCUT2D eigenvalue weighted by Crippen LogP contribution is -2.39. The number of aromatic nitrogens is 3. The Kier molecular flexibility index (Phi) is 4.23. The van der Waals surface area contributed by atoms with Crippen molar-refractivity contribution in [3.8, 4) is 0 Å². The van der Waals surface area contributed by atoms with Gasteiger partial charge in [-0.25, -0.2) is 0 Å². The van der Waals surface area contributed by atoms with Gasteiger partial charge >= 0.3 is 0 Å². The largest absolute Gasteiger partial charge is 0.358 e. The van der Waals surface area contributed by atoms with Crippen LogP contribution in [0, 0.1) is 20.8 Å².